The number of anilines is 2. The van der Waals surface area contributed by atoms with E-state index >= 15 is 0 Å². The van der Waals surface area contributed by atoms with Gasteiger partial charge < -0.3 is 10.2 Å². The monoisotopic (exact) mass is 287 g/mol. The van der Waals surface area contributed by atoms with Crippen molar-refractivity contribution in [3.63, 3.8) is 0 Å². The molecular formula is C15H21N5O. The van der Waals surface area contributed by atoms with Crippen LogP contribution in [0.5, 0.6) is 0 Å². The van der Waals surface area contributed by atoms with Crippen LogP contribution in [-0.2, 0) is 11.3 Å². The van der Waals surface area contributed by atoms with E-state index in [1.54, 1.807) is 6.20 Å². The fraction of sp³-hybridized carbons (Fsp3) is 0.400. The van der Waals surface area contributed by atoms with Crippen LogP contribution in [0.25, 0.3) is 0 Å². The quantitative estimate of drug-likeness (QED) is 0.913. The van der Waals surface area contributed by atoms with Crippen molar-refractivity contribution in [1.29, 1.82) is 0 Å². The third-order valence-corrected chi connectivity index (χ3v) is 3.14. The number of hydrogen-bond donors (Lipinski definition) is 1. The van der Waals surface area contributed by atoms with Gasteiger partial charge in [0.05, 0.1) is 17.6 Å². The smallest absolute Gasteiger partial charge is 0.226 e. The van der Waals surface area contributed by atoms with Crippen LogP contribution in [0.15, 0.2) is 24.4 Å². The van der Waals surface area contributed by atoms with Crippen molar-refractivity contribution in [2.45, 2.75) is 26.8 Å². The number of aryl methyl sites for hydroxylation is 3. The Balaban J connectivity index is 1.88. The van der Waals surface area contributed by atoms with Gasteiger partial charge in [-0.1, -0.05) is 0 Å². The highest BCUT2D eigenvalue weighted by atomic mass is 16.1. The minimum Gasteiger partial charge on any atom is -0.363 e. The molecule has 21 heavy (non-hydrogen) atoms. The molecule has 0 radical (unpaired) electrons. The molecule has 2 rings (SSSR count). The van der Waals surface area contributed by atoms with Crippen molar-refractivity contribution in [2.24, 2.45) is 0 Å². The first-order valence-electron chi connectivity index (χ1n) is 6.90. The van der Waals surface area contributed by atoms with Gasteiger partial charge in [0.25, 0.3) is 0 Å². The fourth-order valence-corrected chi connectivity index (χ4v) is 2.06. The van der Waals surface area contributed by atoms with Gasteiger partial charge >= 0.3 is 0 Å². The minimum atomic E-state index is -0.0399. The Morgan fingerprint density at radius 1 is 1.33 bits per heavy atom. The standard InChI is InChI=1S/C15H21N5O/c1-11-9-12(2)20(18-11)8-7-15(21)17-13-5-6-14(16-10-13)19(3)4/h5-6,9-10H,7-8H2,1-4H3,(H,17,21). The Bertz CT molecular complexity index is 615. The molecule has 0 aliphatic rings. The Morgan fingerprint density at radius 2 is 2.10 bits per heavy atom. The summed E-state index contributed by atoms with van der Waals surface area (Å²) >= 11 is 0. The lowest BCUT2D eigenvalue weighted by Crippen LogP contribution is -2.16. The molecule has 0 fully saturated rings. The first kappa shape index (κ1) is 15.0. The molecule has 1 N–H and O–H groups in total. The maximum atomic E-state index is 11.9. The van der Waals surface area contributed by atoms with E-state index in [4.69, 9.17) is 0 Å². The lowest BCUT2D eigenvalue weighted by molar-refractivity contribution is -0.116. The van der Waals surface area contributed by atoms with Gasteiger partial charge in [0, 0.05) is 32.8 Å². The third kappa shape index (κ3) is 4.05. The second-order valence-electron chi connectivity index (χ2n) is 5.25. The van der Waals surface area contributed by atoms with E-state index in [9.17, 15) is 4.79 Å². The van der Waals surface area contributed by atoms with Gasteiger partial charge in [0.15, 0.2) is 0 Å². The highest BCUT2D eigenvalue weighted by Crippen LogP contribution is 2.12. The summed E-state index contributed by atoms with van der Waals surface area (Å²) in [4.78, 5) is 18.1. The van der Waals surface area contributed by atoms with Crippen molar-refractivity contribution >= 4 is 17.4 Å². The average molecular weight is 287 g/mol. The highest BCUT2D eigenvalue weighted by molar-refractivity contribution is 5.90. The molecule has 112 valence electrons. The van der Waals surface area contributed by atoms with Gasteiger partial charge in [0.2, 0.25) is 5.91 Å². The van der Waals surface area contributed by atoms with Crippen molar-refractivity contribution in [2.75, 3.05) is 24.3 Å². The van der Waals surface area contributed by atoms with Crippen LogP contribution in [0.2, 0.25) is 0 Å². The molecule has 2 aromatic heterocycles. The van der Waals surface area contributed by atoms with Crippen LogP contribution in [0, 0.1) is 13.8 Å². The normalized spacial score (nSPS) is 10.5. The number of nitrogens with zero attached hydrogens (tertiary/aromatic N) is 4. The molecular weight excluding hydrogens is 266 g/mol. The molecule has 2 aromatic rings. The van der Waals surface area contributed by atoms with E-state index in [0.29, 0.717) is 18.7 Å². The molecule has 0 spiro atoms. The summed E-state index contributed by atoms with van der Waals surface area (Å²) in [6.45, 7) is 4.51. The lowest BCUT2D eigenvalue weighted by Gasteiger charge is -2.11. The molecule has 0 unspecified atom stereocenters. The van der Waals surface area contributed by atoms with Gasteiger partial charge in [-0.05, 0) is 32.0 Å². The minimum absolute atomic E-state index is 0.0399. The molecule has 6 nitrogen and oxygen atoms in total. The van der Waals surface area contributed by atoms with Crippen LogP contribution in [0.4, 0.5) is 11.5 Å². The Labute approximate surface area is 124 Å². The zero-order valence-corrected chi connectivity index (χ0v) is 12.9. The van der Waals surface area contributed by atoms with Crippen molar-refractivity contribution in [3.8, 4) is 0 Å². The second kappa shape index (κ2) is 6.39. The van der Waals surface area contributed by atoms with Gasteiger partial charge in [0.1, 0.15) is 5.82 Å². The predicted molar refractivity (Wildman–Crippen MR) is 83.5 cm³/mol. The van der Waals surface area contributed by atoms with E-state index in [-0.39, 0.29) is 5.91 Å². The zero-order valence-electron chi connectivity index (χ0n) is 12.9. The zero-order chi connectivity index (χ0) is 15.4. The summed E-state index contributed by atoms with van der Waals surface area (Å²) in [6, 6.07) is 5.72. The summed E-state index contributed by atoms with van der Waals surface area (Å²) in [7, 11) is 3.85. The number of aromatic nitrogens is 3. The number of nitrogens with one attached hydrogen (secondary N) is 1. The number of carbonyl (C=O) groups excluding carboxylic acids is 1. The Hall–Kier alpha value is -2.37. The molecule has 0 atom stereocenters. The summed E-state index contributed by atoms with van der Waals surface area (Å²) in [5.74, 6) is 0.817. The van der Waals surface area contributed by atoms with Crippen LogP contribution >= 0.6 is 0 Å². The predicted octanol–water partition coefficient (Wildman–Crippen LogP) is 1.99. The van der Waals surface area contributed by atoms with E-state index in [2.05, 4.69) is 15.4 Å². The first-order chi connectivity index (χ1) is 9.95. The van der Waals surface area contributed by atoms with Gasteiger partial charge in [-0.3, -0.25) is 9.48 Å². The van der Waals surface area contributed by atoms with Gasteiger partial charge in [-0.2, -0.15) is 5.10 Å². The van der Waals surface area contributed by atoms with Crippen molar-refractivity contribution in [1.82, 2.24) is 14.8 Å². The summed E-state index contributed by atoms with van der Waals surface area (Å²) in [5.41, 5.74) is 2.74. The van der Waals surface area contributed by atoms with Crippen LogP contribution in [-0.4, -0.2) is 34.8 Å². The summed E-state index contributed by atoms with van der Waals surface area (Å²) < 4.78 is 1.85. The van der Waals surface area contributed by atoms with Gasteiger partial charge in [-0.15, -0.1) is 0 Å². The second-order valence-corrected chi connectivity index (χ2v) is 5.25. The van der Waals surface area contributed by atoms with E-state index in [1.807, 2.05) is 55.7 Å². The SMILES string of the molecule is Cc1cc(C)n(CCC(=O)Nc2ccc(N(C)C)nc2)n1. The maximum absolute atomic E-state index is 11.9. The largest absolute Gasteiger partial charge is 0.363 e. The molecule has 0 saturated heterocycles. The van der Waals surface area contributed by atoms with Gasteiger partial charge in [-0.25, -0.2) is 4.98 Å². The molecule has 0 bridgehead atoms. The Kier molecular flexibility index (Phi) is 4.57. The topological polar surface area (TPSA) is 63.1 Å². The number of amides is 1. The first-order valence-corrected chi connectivity index (χ1v) is 6.90. The molecule has 6 heteroatoms. The van der Waals surface area contributed by atoms with Crippen LogP contribution in [0.3, 0.4) is 0 Å². The summed E-state index contributed by atoms with van der Waals surface area (Å²) in [5, 5.41) is 7.18. The number of hydrogen-bond acceptors (Lipinski definition) is 4. The molecule has 0 aromatic carbocycles. The Morgan fingerprint density at radius 3 is 2.62 bits per heavy atom. The molecule has 0 aliphatic heterocycles. The molecule has 2 heterocycles. The number of carbonyl (C=O) groups is 1. The lowest BCUT2D eigenvalue weighted by atomic mass is 10.3. The maximum Gasteiger partial charge on any atom is 0.226 e. The fourth-order valence-electron chi connectivity index (χ4n) is 2.06. The van der Waals surface area contributed by atoms with E-state index < -0.39 is 0 Å². The summed E-state index contributed by atoms with van der Waals surface area (Å²) in [6.07, 6.45) is 2.05. The van der Waals surface area contributed by atoms with Crippen LogP contribution in [0.1, 0.15) is 17.8 Å². The molecule has 0 aliphatic carbocycles. The van der Waals surface area contributed by atoms with Crippen molar-refractivity contribution in [3.05, 3.63) is 35.8 Å². The van der Waals surface area contributed by atoms with E-state index in [0.717, 1.165) is 17.2 Å². The number of pyridine rings is 1. The molecule has 1 amide bonds. The third-order valence-electron chi connectivity index (χ3n) is 3.14. The van der Waals surface area contributed by atoms with Crippen LogP contribution < -0.4 is 10.2 Å². The average Bonchev–Trinajstić information content (AvgIpc) is 2.75. The van der Waals surface area contributed by atoms with Crippen molar-refractivity contribution < 1.29 is 4.79 Å². The number of rotatable bonds is 5. The highest BCUT2D eigenvalue weighted by Gasteiger charge is 2.06. The molecule has 0 saturated carbocycles. The van der Waals surface area contributed by atoms with E-state index in [1.165, 1.54) is 0 Å².